The molecule has 5 heteroatoms. The molecule has 2 fully saturated rings. The first kappa shape index (κ1) is 12.7. The number of aryl methyl sites for hydroxylation is 1. The molecule has 1 amide bonds. The predicted octanol–water partition coefficient (Wildman–Crippen LogP) is 1.22. The average Bonchev–Trinajstić information content (AvgIpc) is 3.10. The van der Waals surface area contributed by atoms with Gasteiger partial charge in [-0.2, -0.15) is 5.10 Å². The molecule has 3 rings (SSSR count). The Kier molecular flexibility index (Phi) is 3.55. The van der Waals surface area contributed by atoms with Crippen LogP contribution in [0, 0.1) is 12.8 Å². The molecule has 0 aromatic carbocycles. The van der Waals surface area contributed by atoms with E-state index in [-0.39, 0.29) is 11.8 Å². The van der Waals surface area contributed by atoms with Crippen molar-refractivity contribution in [2.24, 2.45) is 5.92 Å². The molecule has 2 aliphatic heterocycles. The van der Waals surface area contributed by atoms with Gasteiger partial charge in [-0.15, -0.1) is 0 Å². The van der Waals surface area contributed by atoms with Gasteiger partial charge in [0, 0.05) is 19.3 Å². The average molecular weight is 263 g/mol. The van der Waals surface area contributed by atoms with Gasteiger partial charge in [-0.3, -0.25) is 9.48 Å². The molecule has 0 N–H and O–H groups in total. The van der Waals surface area contributed by atoms with Crippen molar-refractivity contribution in [3.8, 4) is 0 Å². The summed E-state index contributed by atoms with van der Waals surface area (Å²) in [5.74, 6) is 0.365. The van der Waals surface area contributed by atoms with Crippen molar-refractivity contribution in [1.29, 1.82) is 0 Å². The number of hydrogen-bond donors (Lipinski definition) is 0. The fourth-order valence-electron chi connectivity index (χ4n) is 3.06. The van der Waals surface area contributed by atoms with E-state index in [9.17, 15) is 4.79 Å². The van der Waals surface area contributed by atoms with Crippen LogP contribution in [-0.4, -0.2) is 46.4 Å². The van der Waals surface area contributed by atoms with Crippen LogP contribution < -0.4 is 0 Å². The zero-order valence-corrected chi connectivity index (χ0v) is 11.4. The van der Waals surface area contributed by atoms with Crippen molar-refractivity contribution >= 4 is 5.91 Å². The van der Waals surface area contributed by atoms with Crippen molar-refractivity contribution in [3.63, 3.8) is 0 Å². The highest BCUT2D eigenvalue weighted by atomic mass is 16.5. The van der Waals surface area contributed by atoms with E-state index in [2.05, 4.69) is 10.00 Å². The molecule has 2 atom stereocenters. The molecule has 1 aromatic heterocycles. The Morgan fingerprint density at radius 3 is 3.11 bits per heavy atom. The van der Waals surface area contributed by atoms with E-state index < -0.39 is 0 Å². The van der Waals surface area contributed by atoms with Gasteiger partial charge in [0.05, 0.1) is 31.3 Å². The number of ether oxygens (including phenoxy) is 1. The predicted molar refractivity (Wildman–Crippen MR) is 70.6 cm³/mol. The minimum Gasteiger partial charge on any atom is -0.381 e. The fourth-order valence-corrected chi connectivity index (χ4v) is 3.06. The molecule has 0 aliphatic carbocycles. The van der Waals surface area contributed by atoms with Crippen molar-refractivity contribution in [2.75, 3.05) is 19.8 Å². The third-order valence-corrected chi connectivity index (χ3v) is 4.10. The Labute approximate surface area is 113 Å². The molecule has 0 spiro atoms. The number of carbonyl (C=O) groups is 1. The van der Waals surface area contributed by atoms with Crippen LogP contribution >= 0.6 is 0 Å². The molecule has 19 heavy (non-hydrogen) atoms. The number of hydrogen-bond acceptors (Lipinski definition) is 3. The molecule has 1 aromatic rings. The second-order valence-corrected chi connectivity index (χ2v) is 5.63. The largest absolute Gasteiger partial charge is 0.381 e. The van der Waals surface area contributed by atoms with Gasteiger partial charge in [-0.25, -0.2) is 0 Å². The van der Waals surface area contributed by atoms with Crippen LogP contribution in [0.1, 0.15) is 24.8 Å². The van der Waals surface area contributed by atoms with Gasteiger partial charge in [-0.05, 0) is 31.7 Å². The Balaban J connectivity index is 1.65. The molecule has 2 aliphatic rings. The lowest BCUT2D eigenvalue weighted by molar-refractivity contribution is -0.136. The summed E-state index contributed by atoms with van der Waals surface area (Å²) in [5, 5.41) is 4.32. The molecule has 0 radical (unpaired) electrons. The van der Waals surface area contributed by atoms with Crippen molar-refractivity contribution in [2.45, 2.75) is 38.8 Å². The van der Waals surface area contributed by atoms with Gasteiger partial charge in [0.1, 0.15) is 0 Å². The summed E-state index contributed by atoms with van der Waals surface area (Å²) in [5.41, 5.74) is 1.17. The number of likely N-dealkylation sites (tertiary alicyclic amines) is 1. The van der Waals surface area contributed by atoms with E-state index in [0.717, 1.165) is 39.0 Å². The number of rotatable bonds is 3. The van der Waals surface area contributed by atoms with E-state index in [1.165, 1.54) is 5.56 Å². The van der Waals surface area contributed by atoms with E-state index >= 15 is 0 Å². The van der Waals surface area contributed by atoms with Crippen LogP contribution in [0.25, 0.3) is 0 Å². The lowest BCUT2D eigenvalue weighted by atomic mass is 10.1. The maximum Gasteiger partial charge on any atom is 0.228 e. The van der Waals surface area contributed by atoms with E-state index in [0.29, 0.717) is 12.6 Å². The van der Waals surface area contributed by atoms with Crippen LogP contribution in [0.2, 0.25) is 0 Å². The summed E-state index contributed by atoms with van der Waals surface area (Å²) in [6, 6.07) is 0.299. The molecular weight excluding hydrogens is 242 g/mol. The van der Waals surface area contributed by atoms with Crippen LogP contribution in [0.5, 0.6) is 0 Å². The minimum atomic E-state index is 0.0833. The van der Waals surface area contributed by atoms with Gasteiger partial charge in [0.2, 0.25) is 5.91 Å². The summed E-state index contributed by atoms with van der Waals surface area (Å²) in [6.45, 7) is 5.07. The second-order valence-electron chi connectivity index (χ2n) is 5.63. The van der Waals surface area contributed by atoms with Crippen molar-refractivity contribution in [1.82, 2.24) is 14.7 Å². The maximum atomic E-state index is 12.5. The van der Waals surface area contributed by atoms with Crippen molar-refractivity contribution < 1.29 is 9.53 Å². The first-order valence-corrected chi connectivity index (χ1v) is 7.11. The number of aromatic nitrogens is 2. The van der Waals surface area contributed by atoms with Gasteiger partial charge >= 0.3 is 0 Å². The molecule has 104 valence electrons. The summed E-state index contributed by atoms with van der Waals surface area (Å²) < 4.78 is 7.28. The monoisotopic (exact) mass is 263 g/mol. The zero-order valence-electron chi connectivity index (χ0n) is 11.4. The highest BCUT2D eigenvalue weighted by molar-refractivity contribution is 5.79. The van der Waals surface area contributed by atoms with Crippen LogP contribution in [-0.2, 0) is 16.1 Å². The number of amides is 1. The van der Waals surface area contributed by atoms with E-state index in [4.69, 9.17) is 4.74 Å². The van der Waals surface area contributed by atoms with Crippen LogP contribution in [0.4, 0.5) is 0 Å². The normalized spacial score (nSPS) is 27.1. The molecule has 2 saturated heterocycles. The quantitative estimate of drug-likeness (QED) is 0.824. The summed E-state index contributed by atoms with van der Waals surface area (Å²) >= 11 is 0. The highest BCUT2D eigenvalue weighted by Gasteiger charge is 2.34. The second kappa shape index (κ2) is 5.33. The molecule has 0 bridgehead atoms. The fraction of sp³-hybridized carbons (Fsp3) is 0.714. The van der Waals surface area contributed by atoms with Gasteiger partial charge in [-0.1, -0.05) is 0 Å². The molecule has 0 saturated carbocycles. The Morgan fingerprint density at radius 1 is 1.53 bits per heavy atom. The maximum absolute atomic E-state index is 12.5. The van der Waals surface area contributed by atoms with Gasteiger partial charge in [0.25, 0.3) is 0 Å². The van der Waals surface area contributed by atoms with Gasteiger partial charge < -0.3 is 9.64 Å². The molecule has 3 heterocycles. The minimum absolute atomic E-state index is 0.0833. The summed E-state index contributed by atoms with van der Waals surface area (Å²) in [6.07, 6.45) is 6.97. The topological polar surface area (TPSA) is 47.4 Å². The van der Waals surface area contributed by atoms with E-state index in [1.54, 1.807) is 0 Å². The third-order valence-electron chi connectivity index (χ3n) is 4.10. The first-order valence-electron chi connectivity index (χ1n) is 7.11. The summed E-state index contributed by atoms with van der Waals surface area (Å²) in [4.78, 5) is 14.5. The molecule has 0 unspecified atom stereocenters. The number of carbonyl (C=O) groups excluding carboxylic acids is 1. The lowest BCUT2D eigenvalue weighted by Gasteiger charge is -2.27. The Bertz CT molecular complexity index is 451. The molecular formula is C14H21N3O2. The lowest BCUT2D eigenvalue weighted by Crippen LogP contribution is -2.41. The van der Waals surface area contributed by atoms with Crippen molar-refractivity contribution in [3.05, 3.63) is 18.0 Å². The SMILES string of the molecule is Cc1cnn(C[C@H]2CCCN2C(=O)[C@H]2CCOC2)c1. The Morgan fingerprint density at radius 2 is 2.42 bits per heavy atom. The number of nitrogens with zero attached hydrogens (tertiary/aromatic N) is 3. The zero-order chi connectivity index (χ0) is 13.2. The van der Waals surface area contributed by atoms with Crippen LogP contribution in [0.3, 0.4) is 0 Å². The van der Waals surface area contributed by atoms with Gasteiger partial charge in [0.15, 0.2) is 0 Å². The third kappa shape index (κ3) is 2.66. The highest BCUT2D eigenvalue weighted by Crippen LogP contribution is 2.24. The molecule has 5 nitrogen and oxygen atoms in total. The standard InChI is InChI=1S/C14H21N3O2/c1-11-7-15-16(8-11)9-13-3-2-5-17(13)14(18)12-4-6-19-10-12/h7-8,12-13H,2-6,9-10H2,1H3/t12-,13+/m0/s1. The van der Waals surface area contributed by atoms with Crippen LogP contribution in [0.15, 0.2) is 12.4 Å². The van der Waals surface area contributed by atoms with E-state index in [1.807, 2.05) is 24.0 Å². The first-order chi connectivity index (χ1) is 9.24. The summed E-state index contributed by atoms with van der Waals surface area (Å²) in [7, 11) is 0. The smallest absolute Gasteiger partial charge is 0.228 e. The Hall–Kier alpha value is -1.36.